The van der Waals surface area contributed by atoms with E-state index in [2.05, 4.69) is 0 Å². The highest BCUT2D eigenvalue weighted by molar-refractivity contribution is 6.31. The monoisotopic (exact) mass is 282 g/mol. The topological polar surface area (TPSA) is 69.1 Å². The molecule has 106 valence electrons. The Morgan fingerprint density at radius 2 is 1.84 bits per heavy atom. The van der Waals surface area contributed by atoms with Gasteiger partial charge in [-0.25, -0.2) is 0 Å². The maximum absolute atomic E-state index is 11.1. The summed E-state index contributed by atoms with van der Waals surface area (Å²) in [4.78, 5) is 11.1. The summed E-state index contributed by atoms with van der Waals surface area (Å²) in [6.07, 6.45) is 0.987. The number of nitrogens with two attached hydrogens (primary N) is 2. The summed E-state index contributed by atoms with van der Waals surface area (Å²) < 4.78 is 0. The summed E-state index contributed by atoms with van der Waals surface area (Å²) in [6.45, 7) is 8.04. The molecule has 1 amide bonds. The predicted molar refractivity (Wildman–Crippen MR) is 80.1 cm³/mol. The number of halogens is 1. The second kappa shape index (κ2) is 5.93. The van der Waals surface area contributed by atoms with E-state index in [-0.39, 0.29) is 17.4 Å². The van der Waals surface area contributed by atoms with Gasteiger partial charge in [0.15, 0.2) is 0 Å². The molecule has 4 heteroatoms. The van der Waals surface area contributed by atoms with Gasteiger partial charge in [-0.05, 0) is 48.4 Å². The van der Waals surface area contributed by atoms with Gasteiger partial charge in [0.1, 0.15) is 0 Å². The van der Waals surface area contributed by atoms with Crippen molar-refractivity contribution in [3.63, 3.8) is 0 Å². The number of hydrogen-bond acceptors (Lipinski definition) is 2. The van der Waals surface area contributed by atoms with Gasteiger partial charge in [0, 0.05) is 17.5 Å². The van der Waals surface area contributed by atoms with Crippen molar-refractivity contribution in [3.05, 3.63) is 33.8 Å². The summed E-state index contributed by atoms with van der Waals surface area (Å²) in [6, 6.07) is 3.77. The Balaban J connectivity index is 2.92. The Labute approximate surface area is 120 Å². The average Bonchev–Trinajstić information content (AvgIpc) is 2.20. The molecule has 0 heterocycles. The van der Waals surface area contributed by atoms with Gasteiger partial charge in [-0.15, -0.1) is 0 Å². The number of rotatable bonds is 5. The summed E-state index contributed by atoms with van der Waals surface area (Å²) in [5.41, 5.74) is 14.5. The van der Waals surface area contributed by atoms with Crippen molar-refractivity contribution in [2.75, 3.05) is 0 Å². The molecule has 0 radical (unpaired) electrons. The Bertz CT molecular complexity index is 483. The minimum absolute atomic E-state index is 0.193. The fourth-order valence-electron chi connectivity index (χ4n) is 2.34. The van der Waals surface area contributed by atoms with Crippen molar-refractivity contribution in [2.45, 2.75) is 46.6 Å². The number of carbonyl (C=O) groups excluding carboxylic acids is 1. The number of carbonyl (C=O) groups is 1. The van der Waals surface area contributed by atoms with Crippen molar-refractivity contribution < 1.29 is 4.79 Å². The van der Waals surface area contributed by atoms with Crippen LogP contribution in [0.2, 0.25) is 5.02 Å². The van der Waals surface area contributed by atoms with Gasteiger partial charge in [-0.2, -0.15) is 0 Å². The highest BCUT2D eigenvalue weighted by Crippen LogP contribution is 2.34. The highest BCUT2D eigenvalue weighted by Gasteiger charge is 2.25. The molecule has 0 aliphatic heterocycles. The molecule has 3 nitrogen and oxygen atoms in total. The standard InChI is InChI=1S/C15H23ClN2O/c1-9-5-11(12(16)6-10(9)2)13(17)7-15(3,4)8-14(18)19/h5-6,13H,7-8,17H2,1-4H3,(H2,18,19). The van der Waals surface area contributed by atoms with Crippen LogP contribution >= 0.6 is 11.6 Å². The molecule has 1 rings (SSSR count). The van der Waals surface area contributed by atoms with Gasteiger partial charge in [-0.3, -0.25) is 4.79 Å². The maximum atomic E-state index is 11.1. The number of benzene rings is 1. The minimum atomic E-state index is -0.302. The second-order valence-electron chi connectivity index (χ2n) is 6.08. The highest BCUT2D eigenvalue weighted by atomic mass is 35.5. The van der Waals surface area contributed by atoms with E-state index >= 15 is 0 Å². The minimum Gasteiger partial charge on any atom is -0.370 e. The second-order valence-corrected chi connectivity index (χ2v) is 6.48. The zero-order valence-electron chi connectivity index (χ0n) is 12.1. The lowest BCUT2D eigenvalue weighted by Crippen LogP contribution is -2.27. The molecule has 0 aliphatic carbocycles. The summed E-state index contributed by atoms with van der Waals surface area (Å²) >= 11 is 6.26. The first-order valence-corrected chi connectivity index (χ1v) is 6.81. The van der Waals surface area contributed by atoms with Crippen LogP contribution in [-0.2, 0) is 4.79 Å². The van der Waals surface area contributed by atoms with Crippen molar-refractivity contribution in [2.24, 2.45) is 16.9 Å². The summed E-state index contributed by atoms with van der Waals surface area (Å²) in [7, 11) is 0. The van der Waals surface area contributed by atoms with Gasteiger partial charge in [-0.1, -0.05) is 31.5 Å². The van der Waals surface area contributed by atoms with Crippen LogP contribution < -0.4 is 11.5 Å². The molecule has 1 atom stereocenters. The lowest BCUT2D eigenvalue weighted by molar-refractivity contribution is -0.120. The quantitative estimate of drug-likeness (QED) is 0.870. The molecule has 0 bridgehead atoms. The van der Waals surface area contributed by atoms with Crippen molar-refractivity contribution >= 4 is 17.5 Å². The Hall–Kier alpha value is -1.06. The van der Waals surface area contributed by atoms with Gasteiger partial charge in [0.25, 0.3) is 0 Å². The molecule has 0 aliphatic rings. The largest absolute Gasteiger partial charge is 0.370 e. The van der Waals surface area contributed by atoms with Crippen LogP contribution in [0.25, 0.3) is 0 Å². The lowest BCUT2D eigenvalue weighted by Gasteiger charge is -2.27. The van der Waals surface area contributed by atoms with E-state index < -0.39 is 0 Å². The van der Waals surface area contributed by atoms with E-state index in [9.17, 15) is 4.79 Å². The normalized spacial score (nSPS) is 13.4. The van der Waals surface area contributed by atoms with Crippen LogP contribution in [0.1, 0.15) is 49.4 Å². The van der Waals surface area contributed by atoms with Crippen LogP contribution in [0, 0.1) is 19.3 Å². The smallest absolute Gasteiger partial charge is 0.217 e. The van der Waals surface area contributed by atoms with E-state index in [1.807, 2.05) is 39.8 Å². The third-order valence-corrected chi connectivity index (χ3v) is 3.77. The van der Waals surface area contributed by atoms with Crippen LogP contribution in [-0.4, -0.2) is 5.91 Å². The number of primary amides is 1. The van der Waals surface area contributed by atoms with Crippen molar-refractivity contribution in [3.8, 4) is 0 Å². The lowest BCUT2D eigenvalue weighted by atomic mass is 9.80. The molecule has 0 saturated heterocycles. The third kappa shape index (κ3) is 4.51. The Kier molecular flexibility index (Phi) is 4.99. The van der Waals surface area contributed by atoms with E-state index in [4.69, 9.17) is 23.1 Å². The third-order valence-electron chi connectivity index (χ3n) is 3.44. The van der Waals surface area contributed by atoms with E-state index in [1.165, 1.54) is 5.56 Å². The average molecular weight is 283 g/mol. The Morgan fingerprint density at radius 1 is 1.32 bits per heavy atom. The SMILES string of the molecule is Cc1cc(Cl)c(C(N)CC(C)(C)CC(N)=O)cc1C. The predicted octanol–water partition coefficient (Wildman–Crippen LogP) is 3.25. The first kappa shape index (κ1) is 16.0. The maximum Gasteiger partial charge on any atom is 0.217 e. The van der Waals surface area contributed by atoms with Crippen LogP contribution in [0.4, 0.5) is 0 Å². The van der Waals surface area contributed by atoms with Crippen molar-refractivity contribution in [1.29, 1.82) is 0 Å². The molecule has 1 unspecified atom stereocenters. The fourth-order valence-corrected chi connectivity index (χ4v) is 2.69. The molecule has 1 aromatic carbocycles. The first-order chi connectivity index (χ1) is 8.62. The summed E-state index contributed by atoms with van der Waals surface area (Å²) in [5.74, 6) is -0.302. The molecular weight excluding hydrogens is 260 g/mol. The van der Waals surface area contributed by atoms with Crippen LogP contribution in [0.5, 0.6) is 0 Å². The number of amides is 1. The van der Waals surface area contributed by atoms with Gasteiger partial charge in [0.2, 0.25) is 5.91 Å². The first-order valence-electron chi connectivity index (χ1n) is 6.43. The van der Waals surface area contributed by atoms with Crippen LogP contribution in [0.3, 0.4) is 0 Å². The van der Waals surface area contributed by atoms with Gasteiger partial charge < -0.3 is 11.5 Å². The van der Waals surface area contributed by atoms with Gasteiger partial charge >= 0.3 is 0 Å². The molecule has 19 heavy (non-hydrogen) atoms. The zero-order valence-corrected chi connectivity index (χ0v) is 12.8. The fraction of sp³-hybridized carbons (Fsp3) is 0.533. The number of hydrogen-bond donors (Lipinski definition) is 2. The molecule has 1 aromatic rings. The van der Waals surface area contributed by atoms with Crippen molar-refractivity contribution in [1.82, 2.24) is 0 Å². The molecule has 0 spiro atoms. The van der Waals surface area contributed by atoms with Gasteiger partial charge in [0.05, 0.1) is 0 Å². The van der Waals surface area contributed by atoms with E-state index in [0.29, 0.717) is 17.9 Å². The summed E-state index contributed by atoms with van der Waals surface area (Å²) in [5, 5.41) is 0.686. The zero-order chi connectivity index (χ0) is 14.8. The van der Waals surface area contributed by atoms with E-state index in [0.717, 1.165) is 11.1 Å². The Morgan fingerprint density at radius 3 is 2.37 bits per heavy atom. The molecule has 0 aromatic heterocycles. The number of aryl methyl sites for hydroxylation is 2. The van der Waals surface area contributed by atoms with E-state index in [1.54, 1.807) is 0 Å². The molecule has 4 N–H and O–H groups in total. The molecular formula is C15H23ClN2O. The molecule has 0 saturated carbocycles. The van der Waals surface area contributed by atoms with Crippen LogP contribution in [0.15, 0.2) is 12.1 Å². The molecule has 0 fully saturated rings.